The number of rotatable bonds is 36. The van der Waals surface area contributed by atoms with Crippen molar-refractivity contribution in [1.29, 1.82) is 0 Å². The summed E-state index contributed by atoms with van der Waals surface area (Å²) < 4.78 is 31.9. The first-order chi connectivity index (χ1) is 25.1. The zero-order valence-corrected chi connectivity index (χ0v) is 36.0. The number of nitrogens with zero attached hydrogens (tertiary/aromatic N) is 2. The van der Waals surface area contributed by atoms with Gasteiger partial charge in [-0.2, -0.15) is 0 Å². The van der Waals surface area contributed by atoms with Crippen LogP contribution in [-0.2, 0) is 19.4 Å². The molecule has 0 fully saturated rings. The van der Waals surface area contributed by atoms with Gasteiger partial charge in [0, 0.05) is 12.8 Å². The number of carbonyl (C=O) groups is 1. The van der Waals surface area contributed by atoms with Crippen LogP contribution in [-0.4, -0.2) is 62.6 Å². The van der Waals surface area contributed by atoms with Crippen LogP contribution in [0.3, 0.4) is 0 Å². The number of aliphatic imine (C=N–C) groups is 1. The van der Waals surface area contributed by atoms with E-state index < -0.39 is 10.4 Å². The standard InChI is InChI=1S/C42H83N3O.CH4O4S/c1-5-8-10-12-14-16-18-20-22-24-25-27-29-31-33-35-37-41-43-40(39-45(41,4)7-3)44-42(46)38-36-34-32-30-28-26-23-21-19-17-15-13-11-9-6-2;1-5-6(2,3)4/h40H,5-39H2,1-4H3;1H3,(H,2,3,4). The SMILES string of the molecule is CCCCCCCCCCCCCCCCCCC1=NC(NC(=O)CCCCCCCCCCCCCCCCC)C[N+]1(C)CC.COS(=O)(=O)[O-]. The van der Waals surface area contributed by atoms with Crippen molar-refractivity contribution in [3.8, 4) is 0 Å². The summed E-state index contributed by atoms with van der Waals surface area (Å²) in [7, 11) is -1.29. The van der Waals surface area contributed by atoms with Gasteiger partial charge in [0.15, 0.2) is 12.0 Å². The minimum Gasteiger partial charge on any atom is -0.726 e. The van der Waals surface area contributed by atoms with Gasteiger partial charge in [0.25, 0.3) is 0 Å². The smallest absolute Gasteiger partial charge is 0.221 e. The highest BCUT2D eigenvalue weighted by molar-refractivity contribution is 7.80. The maximum atomic E-state index is 12.7. The predicted molar refractivity (Wildman–Crippen MR) is 221 cm³/mol. The van der Waals surface area contributed by atoms with Gasteiger partial charge in [-0.1, -0.05) is 200 Å². The summed E-state index contributed by atoms with van der Waals surface area (Å²) in [6.07, 6.45) is 44.6. The number of hydrogen-bond acceptors (Lipinski definition) is 6. The maximum Gasteiger partial charge on any atom is 0.221 e. The van der Waals surface area contributed by atoms with Crippen molar-refractivity contribution in [2.24, 2.45) is 4.99 Å². The molecule has 0 aromatic heterocycles. The van der Waals surface area contributed by atoms with Crippen LogP contribution in [0.2, 0.25) is 0 Å². The van der Waals surface area contributed by atoms with Gasteiger partial charge in [-0.15, -0.1) is 0 Å². The van der Waals surface area contributed by atoms with Crippen molar-refractivity contribution >= 4 is 22.1 Å². The molecule has 0 aliphatic carbocycles. The zero-order chi connectivity index (χ0) is 38.6. The largest absolute Gasteiger partial charge is 0.726 e. The van der Waals surface area contributed by atoms with E-state index in [0.29, 0.717) is 6.42 Å². The molecule has 0 aromatic rings. The molecule has 0 radical (unpaired) electrons. The summed E-state index contributed by atoms with van der Waals surface area (Å²) in [5, 5.41) is 3.26. The molecule has 0 saturated heterocycles. The summed E-state index contributed by atoms with van der Waals surface area (Å²) >= 11 is 0. The molecule has 2 unspecified atom stereocenters. The molecule has 0 saturated carbocycles. The third-order valence-corrected chi connectivity index (χ3v) is 11.4. The van der Waals surface area contributed by atoms with Crippen molar-refractivity contribution in [3.05, 3.63) is 0 Å². The average molecular weight is 758 g/mol. The number of quaternary nitrogens is 1. The molecular weight excluding hydrogens is 671 g/mol. The molecule has 1 aliphatic rings. The van der Waals surface area contributed by atoms with Gasteiger partial charge in [0.1, 0.15) is 6.54 Å². The predicted octanol–water partition coefficient (Wildman–Crippen LogP) is 12.3. The lowest BCUT2D eigenvalue weighted by Crippen LogP contribution is -2.50. The van der Waals surface area contributed by atoms with Crippen LogP contribution in [0.5, 0.6) is 0 Å². The van der Waals surface area contributed by atoms with Gasteiger partial charge in [0.05, 0.1) is 20.7 Å². The van der Waals surface area contributed by atoms with E-state index in [-0.39, 0.29) is 12.1 Å². The van der Waals surface area contributed by atoms with Crippen LogP contribution >= 0.6 is 0 Å². The van der Waals surface area contributed by atoms with E-state index in [1.807, 2.05) is 0 Å². The van der Waals surface area contributed by atoms with E-state index in [1.54, 1.807) is 0 Å². The van der Waals surface area contributed by atoms with Gasteiger partial charge in [-0.05, 0) is 19.8 Å². The molecule has 0 bridgehead atoms. The Kier molecular flexibility index (Phi) is 35.0. The van der Waals surface area contributed by atoms with E-state index in [9.17, 15) is 17.8 Å². The monoisotopic (exact) mass is 758 g/mol. The van der Waals surface area contributed by atoms with Gasteiger partial charge >= 0.3 is 0 Å². The first-order valence-corrected chi connectivity index (χ1v) is 23.7. The normalized spacial score (nSPS) is 17.2. The van der Waals surface area contributed by atoms with Gasteiger partial charge in [-0.25, -0.2) is 13.4 Å². The van der Waals surface area contributed by atoms with E-state index in [1.165, 1.54) is 198 Å². The highest BCUT2D eigenvalue weighted by atomic mass is 32.3. The topological polar surface area (TPSA) is 108 Å². The molecule has 2 atom stereocenters. The average Bonchev–Trinajstić information content (AvgIpc) is 3.44. The summed E-state index contributed by atoms with van der Waals surface area (Å²) in [5.41, 5.74) is 0. The second-order valence-corrected chi connectivity index (χ2v) is 17.0. The fourth-order valence-electron chi connectivity index (χ4n) is 7.32. The van der Waals surface area contributed by atoms with Crippen LogP contribution in [0.1, 0.15) is 233 Å². The highest BCUT2D eigenvalue weighted by Gasteiger charge is 2.38. The Morgan fingerprint density at radius 3 is 1.25 bits per heavy atom. The Labute approximate surface area is 324 Å². The van der Waals surface area contributed by atoms with Gasteiger partial charge in [0.2, 0.25) is 16.3 Å². The third-order valence-electron chi connectivity index (χ3n) is 11.0. The van der Waals surface area contributed by atoms with Crippen molar-refractivity contribution in [3.63, 3.8) is 0 Å². The Hall–Kier alpha value is -1.03. The fraction of sp³-hybridized carbons (Fsp3) is 0.953. The number of amides is 1. The Balaban J connectivity index is 0.00000397. The molecule has 8 nitrogen and oxygen atoms in total. The van der Waals surface area contributed by atoms with E-state index >= 15 is 0 Å². The van der Waals surface area contributed by atoms with Crippen molar-refractivity contribution in [1.82, 2.24) is 5.32 Å². The van der Waals surface area contributed by atoms with Gasteiger partial charge in [-0.3, -0.25) is 13.5 Å². The molecule has 310 valence electrons. The minimum atomic E-state index is -4.41. The molecule has 1 N–H and O–H groups in total. The number of likely N-dealkylation sites (N-methyl/N-ethyl adjacent to an activating group) is 1. The summed E-state index contributed by atoms with van der Waals surface area (Å²) in [4.78, 5) is 17.7. The molecule has 0 aromatic carbocycles. The molecule has 1 rings (SSSR count). The lowest BCUT2D eigenvalue weighted by molar-refractivity contribution is -0.815. The van der Waals surface area contributed by atoms with Gasteiger partial charge < -0.3 is 9.87 Å². The molecule has 1 heterocycles. The number of amidine groups is 1. The number of carbonyl (C=O) groups excluding carboxylic acids is 1. The third kappa shape index (κ3) is 32.4. The summed E-state index contributed by atoms with van der Waals surface area (Å²) in [6, 6.07) is 0. The Bertz CT molecular complexity index is 945. The van der Waals surface area contributed by atoms with Crippen LogP contribution in [0.15, 0.2) is 4.99 Å². The van der Waals surface area contributed by atoms with Crippen molar-refractivity contribution in [2.45, 2.75) is 239 Å². The quantitative estimate of drug-likeness (QED) is 0.0296. The van der Waals surface area contributed by atoms with Crippen molar-refractivity contribution in [2.75, 3.05) is 27.2 Å². The number of nitrogens with one attached hydrogen (secondary N) is 1. The first-order valence-electron chi connectivity index (χ1n) is 22.3. The minimum absolute atomic E-state index is 0.0233. The van der Waals surface area contributed by atoms with E-state index in [4.69, 9.17) is 4.99 Å². The maximum absolute atomic E-state index is 12.7. The van der Waals surface area contributed by atoms with Crippen LogP contribution in [0, 0.1) is 0 Å². The lowest BCUT2D eigenvalue weighted by atomic mass is 10.0. The van der Waals surface area contributed by atoms with Crippen LogP contribution in [0.4, 0.5) is 0 Å². The number of hydrogen-bond donors (Lipinski definition) is 1. The Morgan fingerprint density at radius 2 is 0.942 bits per heavy atom. The van der Waals surface area contributed by atoms with Crippen LogP contribution in [0.25, 0.3) is 0 Å². The molecular formula is C43H87N3O5S. The second-order valence-electron chi connectivity index (χ2n) is 15.9. The molecule has 1 aliphatic heterocycles. The lowest BCUT2D eigenvalue weighted by Gasteiger charge is -2.29. The zero-order valence-electron chi connectivity index (χ0n) is 35.2. The summed E-state index contributed by atoms with van der Waals surface area (Å²) in [5.74, 6) is 1.51. The molecule has 1 amide bonds. The van der Waals surface area contributed by atoms with Crippen molar-refractivity contribution < 1.29 is 26.4 Å². The number of unbranched alkanes of at least 4 members (excludes halogenated alkanes) is 29. The molecule has 52 heavy (non-hydrogen) atoms. The van der Waals surface area contributed by atoms with E-state index in [0.717, 1.165) is 37.5 Å². The highest BCUT2D eigenvalue weighted by Crippen LogP contribution is 2.21. The van der Waals surface area contributed by atoms with Crippen LogP contribution < -0.4 is 5.32 Å². The molecule has 0 spiro atoms. The van der Waals surface area contributed by atoms with E-state index in [2.05, 4.69) is 37.3 Å². The Morgan fingerprint density at radius 1 is 0.635 bits per heavy atom. The first kappa shape index (κ1) is 51.0. The molecule has 9 heteroatoms. The summed E-state index contributed by atoms with van der Waals surface area (Å²) in [6.45, 7) is 8.84. The second kappa shape index (κ2) is 35.7. The fourth-order valence-corrected chi connectivity index (χ4v) is 7.32.